The topological polar surface area (TPSA) is 69.7 Å². The number of rotatable bonds is 7. The molecule has 0 aliphatic carbocycles. The highest BCUT2D eigenvalue weighted by molar-refractivity contribution is 7.86. The Kier molecular flexibility index (Phi) is 7.09. The molecule has 7 heteroatoms. The number of piperidine rings is 1. The van der Waals surface area contributed by atoms with Crippen LogP contribution in [-0.4, -0.2) is 55.2 Å². The lowest BCUT2D eigenvalue weighted by Gasteiger charge is -2.34. The number of hydrogen-bond acceptors (Lipinski definition) is 3. The van der Waals surface area contributed by atoms with Gasteiger partial charge in [0.15, 0.2) is 0 Å². The van der Waals surface area contributed by atoms with Crippen LogP contribution in [0.5, 0.6) is 0 Å². The first kappa shape index (κ1) is 18.4. The maximum atomic E-state index is 12.5. The highest BCUT2D eigenvalue weighted by Crippen LogP contribution is 2.21. The van der Waals surface area contributed by atoms with Crippen LogP contribution in [0.25, 0.3) is 0 Å². The summed E-state index contributed by atoms with van der Waals surface area (Å²) in [6.45, 7) is 9.36. The fourth-order valence-corrected chi connectivity index (χ4v) is 4.25. The van der Waals surface area contributed by atoms with Gasteiger partial charge in [0.1, 0.15) is 0 Å². The summed E-state index contributed by atoms with van der Waals surface area (Å²) in [4.78, 5) is 12.2. The number of carbonyl (C=O) groups excluding carboxylic acids is 1. The van der Waals surface area contributed by atoms with Crippen molar-refractivity contribution in [2.24, 2.45) is 5.92 Å². The second kappa shape index (κ2) is 8.10. The molecule has 0 aromatic heterocycles. The van der Waals surface area contributed by atoms with Gasteiger partial charge >= 0.3 is 0 Å². The Balaban J connectivity index is 2.74. The zero-order valence-corrected chi connectivity index (χ0v) is 14.4. The van der Waals surface area contributed by atoms with Crippen molar-refractivity contribution in [3.63, 3.8) is 0 Å². The number of carbonyl (C=O) groups is 1. The highest BCUT2D eigenvalue weighted by atomic mass is 32.2. The molecule has 0 aromatic rings. The van der Waals surface area contributed by atoms with Gasteiger partial charge in [-0.1, -0.05) is 20.8 Å². The largest absolute Gasteiger partial charge is 0.353 e. The van der Waals surface area contributed by atoms with E-state index in [1.54, 1.807) is 0 Å². The van der Waals surface area contributed by atoms with Crippen molar-refractivity contribution in [1.29, 1.82) is 0 Å². The molecular formula is C14H29N3O3S. The van der Waals surface area contributed by atoms with Crippen molar-refractivity contribution in [3.8, 4) is 0 Å². The first-order valence-corrected chi connectivity index (χ1v) is 9.32. The van der Waals surface area contributed by atoms with Crippen LogP contribution >= 0.6 is 0 Å². The normalized spacial score (nSPS) is 22.2. The first-order chi connectivity index (χ1) is 9.86. The average molecular weight is 319 g/mol. The summed E-state index contributed by atoms with van der Waals surface area (Å²) in [6.07, 6.45) is 2.37. The van der Waals surface area contributed by atoms with Gasteiger partial charge in [-0.05, 0) is 26.2 Å². The molecule has 1 aliphatic heterocycles. The van der Waals surface area contributed by atoms with Gasteiger partial charge in [0, 0.05) is 32.2 Å². The Morgan fingerprint density at radius 1 is 1.33 bits per heavy atom. The van der Waals surface area contributed by atoms with Crippen molar-refractivity contribution in [2.45, 2.75) is 53.0 Å². The summed E-state index contributed by atoms with van der Waals surface area (Å²) in [5, 5.41) is 2.95. The maximum Gasteiger partial charge on any atom is 0.281 e. The summed E-state index contributed by atoms with van der Waals surface area (Å²) >= 11 is 0. The molecule has 1 fully saturated rings. The lowest BCUT2D eigenvalue weighted by molar-refractivity contribution is -0.126. The van der Waals surface area contributed by atoms with Gasteiger partial charge in [0.05, 0.1) is 5.92 Å². The third-order valence-corrected chi connectivity index (χ3v) is 6.27. The summed E-state index contributed by atoms with van der Waals surface area (Å²) < 4.78 is 27.9. The fraction of sp³-hybridized carbons (Fsp3) is 0.929. The smallest absolute Gasteiger partial charge is 0.281 e. The number of hydrogen-bond donors (Lipinski definition) is 1. The third kappa shape index (κ3) is 4.66. The van der Waals surface area contributed by atoms with E-state index < -0.39 is 10.2 Å². The average Bonchev–Trinajstić information content (AvgIpc) is 2.48. The molecule has 2 atom stereocenters. The van der Waals surface area contributed by atoms with Crippen LogP contribution < -0.4 is 5.32 Å². The lowest BCUT2D eigenvalue weighted by atomic mass is 9.98. The minimum atomic E-state index is -3.44. The van der Waals surface area contributed by atoms with E-state index in [0.29, 0.717) is 26.2 Å². The Morgan fingerprint density at radius 2 is 1.95 bits per heavy atom. The molecule has 1 saturated heterocycles. The molecule has 1 aliphatic rings. The molecule has 0 spiro atoms. The third-order valence-electron chi connectivity index (χ3n) is 4.11. The Morgan fingerprint density at radius 3 is 2.48 bits per heavy atom. The van der Waals surface area contributed by atoms with Crippen molar-refractivity contribution >= 4 is 16.1 Å². The van der Waals surface area contributed by atoms with E-state index in [1.165, 1.54) is 8.61 Å². The van der Waals surface area contributed by atoms with E-state index in [-0.39, 0.29) is 17.9 Å². The van der Waals surface area contributed by atoms with Crippen molar-refractivity contribution in [2.75, 3.05) is 26.2 Å². The summed E-state index contributed by atoms with van der Waals surface area (Å²) in [5.41, 5.74) is 0. The standard InChI is InChI=1S/C14H29N3O3S/c1-5-12(4)15-14(18)13-9-8-10-17(11-13)21(19,20)16(6-2)7-3/h12-13H,5-11H2,1-4H3,(H,15,18). The van der Waals surface area contributed by atoms with Crippen LogP contribution in [0.3, 0.4) is 0 Å². The van der Waals surface area contributed by atoms with Gasteiger partial charge in [-0.25, -0.2) is 0 Å². The summed E-state index contributed by atoms with van der Waals surface area (Å²) in [7, 11) is -3.44. The molecule has 1 rings (SSSR count). The highest BCUT2D eigenvalue weighted by Gasteiger charge is 2.34. The van der Waals surface area contributed by atoms with E-state index >= 15 is 0 Å². The van der Waals surface area contributed by atoms with Crippen LogP contribution in [0.2, 0.25) is 0 Å². The number of nitrogens with one attached hydrogen (secondary N) is 1. The van der Waals surface area contributed by atoms with Crippen molar-refractivity contribution < 1.29 is 13.2 Å². The molecule has 1 heterocycles. The van der Waals surface area contributed by atoms with Crippen LogP contribution in [0, 0.1) is 5.92 Å². The van der Waals surface area contributed by atoms with Crippen molar-refractivity contribution in [3.05, 3.63) is 0 Å². The second-order valence-electron chi connectivity index (χ2n) is 5.61. The molecule has 0 saturated carbocycles. The monoisotopic (exact) mass is 319 g/mol. The predicted octanol–water partition coefficient (Wildman–Crippen LogP) is 1.20. The molecular weight excluding hydrogens is 290 g/mol. The van der Waals surface area contributed by atoms with Gasteiger partial charge in [-0.15, -0.1) is 0 Å². The van der Waals surface area contributed by atoms with Gasteiger partial charge < -0.3 is 5.32 Å². The zero-order valence-electron chi connectivity index (χ0n) is 13.6. The minimum Gasteiger partial charge on any atom is -0.353 e. The summed E-state index contributed by atoms with van der Waals surface area (Å²) in [6, 6.07) is 0.132. The van der Waals surface area contributed by atoms with E-state index in [4.69, 9.17) is 0 Å². The van der Waals surface area contributed by atoms with Gasteiger partial charge in [0.25, 0.3) is 10.2 Å². The van der Waals surface area contributed by atoms with Gasteiger partial charge in [-0.3, -0.25) is 4.79 Å². The molecule has 0 aromatic carbocycles. The number of amides is 1. The fourth-order valence-electron chi connectivity index (χ4n) is 2.54. The van der Waals surface area contributed by atoms with Crippen LogP contribution in [-0.2, 0) is 15.0 Å². The minimum absolute atomic E-state index is 0.0243. The maximum absolute atomic E-state index is 12.5. The van der Waals surface area contributed by atoms with Crippen LogP contribution in [0.15, 0.2) is 0 Å². The Hall–Kier alpha value is -0.660. The molecule has 2 unspecified atom stereocenters. The van der Waals surface area contributed by atoms with Crippen LogP contribution in [0.1, 0.15) is 47.0 Å². The van der Waals surface area contributed by atoms with Gasteiger partial charge in [-0.2, -0.15) is 17.0 Å². The summed E-state index contributed by atoms with van der Waals surface area (Å²) in [5.74, 6) is -0.262. The quantitative estimate of drug-likeness (QED) is 0.766. The van der Waals surface area contributed by atoms with E-state index in [9.17, 15) is 13.2 Å². The van der Waals surface area contributed by atoms with E-state index in [0.717, 1.165) is 19.3 Å². The SMILES string of the molecule is CCC(C)NC(=O)C1CCCN(S(=O)(=O)N(CC)CC)C1. The van der Waals surface area contributed by atoms with Crippen molar-refractivity contribution in [1.82, 2.24) is 13.9 Å². The second-order valence-corrected chi connectivity index (χ2v) is 7.54. The van der Waals surface area contributed by atoms with Gasteiger partial charge in [0.2, 0.25) is 5.91 Å². The number of nitrogens with zero attached hydrogens (tertiary/aromatic N) is 2. The van der Waals surface area contributed by atoms with Crippen LogP contribution in [0.4, 0.5) is 0 Å². The molecule has 0 radical (unpaired) electrons. The molecule has 6 nitrogen and oxygen atoms in total. The molecule has 21 heavy (non-hydrogen) atoms. The van der Waals surface area contributed by atoms with E-state index in [2.05, 4.69) is 5.32 Å². The molecule has 0 bridgehead atoms. The molecule has 124 valence electrons. The lowest BCUT2D eigenvalue weighted by Crippen LogP contribution is -2.51. The predicted molar refractivity (Wildman–Crippen MR) is 84.0 cm³/mol. The Bertz CT molecular complexity index is 435. The zero-order chi connectivity index (χ0) is 16.0. The van der Waals surface area contributed by atoms with E-state index in [1.807, 2.05) is 27.7 Å². The molecule has 1 N–H and O–H groups in total. The first-order valence-electron chi connectivity index (χ1n) is 7.92. The molecule has 1 amide bonds. The Labute approximate surface area is 129 Å².